The van der Waals surface area contributed by atoms with Gasteiger partial charge in [0.1, 0.15) is 17.2 Å². The van der Waals surface area contributed by atoms with Crippen molar-refractivity contribution in [1.29, 1.82) is 0 Å². The fraction of sp³-hybridized carbons (Fsp3) is 0.250. The molecule has 3 amide bonds. The lowest BCUT2D eigenvalue weighted by atomic mass is 10.0. The first kappa shape index (κ1) is 26.3. The van der Waals surface area contributed by atoms with Crippen LogP contribution < -0.4 is 10.2 Å². The van der Waals surface area contributed by atoms with Gasteiger partial charge in [0.15, 0.2) is 5.78 Å². The van der Waals surface area contributed by atoms with Gasteiger partial charge in [-0.2, -0.15) is 13.2 Å². The third-order valence-corrected chi connectivity index (χ3v) is 7.05. The highest BCUT2D eigenvalue weighted by Gasteiger charge is 2.52. The van der Waals surface area contributed by atoms with Gasteiger partial charge in [0.2, 0.25) is 0 Å². The molecule has 1 fully saturated rings. The minimum Gasteiger partial charge on any atom is -0.355 e. The number of carbonyl (C=O) groups is 3. The molecule has 0 spiro atoms. The first-order chi connectivity index (χ1) is 18.3. The van der Waals surface area contributed by atoms with E-state index >= 15 is 0 Å². The second kappa shape index (κ2) is 9.18. The summed E-state index contributed by atoms with van der Waals surface area (Å²) in [6.45, 7) is 2.68. The number of aryl methyl sites for hydroxylation is 1. The number of anilines is 3. The molecule has 202 valence electrons. The third-order valence-electron chi connectivity index (χ3n) is 7.05. The van der Waals surface area contributed by atoms with Crippen molar-refractivity contribution in [1.82, 2.24) is 4.90 Å². The number of benzene rings is 3. The van der Waals surface area contributed by atoms with E-state index in [4.69, 9.17) is 0 Å². The van der Waals surface area contributed by atoms with E-state index in [9.17, 15) is 36.3 Å². The quantitative estimate of drug-likeness (QED) is 0.291. The highest BCUT2D eigenvalue weighted by Crippen LogP contribution is 2.38. The molecule has 11 heteroatoms. The molecule has 3 aromatic rings. The van der Waals surface area contributed by atoms with Crippen LogP contribution in [0, 0.1) is 11.6 Å². The first-order valence-electron chi connectivity index (χ1n) is 12.0. The maximum atomic E-state index is 14.7. The van der Waals surface area contributed by atoms with Gasteiger partial charge in [0.05, 0.1) is 17.8 Å². The number of fused-ring (bicyclic) bond motifs is 1. The molecule has 0 saturated carbocycles. The Kier molecular flexibility index (Phi) is 6.20. The fourth-order valence-electron chi connectivity index (χ4n) is 4.84. The van der Waals surface area contributed by atoms with Gasteiger partial charge in [-0.05, 0) is 79.9 Å². The Hall–Kier alpha value is -4.28. The van der Waals surface area contributed by atoms with Crippen LogP contribution in [0.25, 0.3) is 0 Å². The van der Waals surface area contributed by atoms with Crippen molar-refractivity contribution in [3.05, 3.63) is 88.5 Å². The molecule has 39 heavy (non-hydrogen) atoms. The van der Waals surface area contributed by atoms with E-state index in [2.05, 4.69) is 5.32 Å². The highest BCUT2D eigenvalue weighted by molar-refractivity contribution is 6.23. The van der Waals surface area contributed by atoms with Crippen LogP contribution in [0.2, 0.25) is 0 Å². The Balaban J connectivity index is 1.45. The number of nitrogens with zero attached hydrogens (tertiary/aromatic N) is 2. The van der Waals surface area contributed by atoms with Gasteiger partial charge in [0, 0.05) is 23.4 Å². The van der Waals surface area contributed by atoms with Crippen molar-refractivity contribution in [2.75, 3.05) is 10.2 Å². The van der Waals surface area contributed by atoms with Crippen LogP contribution in [0.5, 0.6) is 0 Å². The van der Waals surface area contributed by atoms with Gasteiger partial charge in [-0.3, -0.25) is 9.59 Å². The normalized spacial score (nSPS) is 16.7. The Morgan fingerprint density at radius 2 is 1.67 bits per heavy atom. The van der Waals surface area contributed by atoms with E-state index in [0.717, 1.165) is 16.5 Å². The predicted octanol–water partition coefficient (Wildman–Crippen LogP) is 6.60. The molecule has 6 nitrogen and oxygen atoms in total. The summed E-state index contributed by atoms with van der Waals surface area (Å²) in [6, 6.07) is 9.64. The van der Waals surface area contributed by atoms with Crippen LogP contribution in [0.15, 0.2) is 54.6 Å². The van der Waals surface area contributed by atoms with Gasteiger partial charge in [-0.1, -0.05) is 6.07 Å². The summed E-state index contributed by atoms with van der Waals surface area (Å²) in [5.74, 6) is -2.71. The lowest BCUT2D eigenvalue weighted by Gasteiger charge is -2.28. The number of hydrogen-bond donors (Lipinski definition) is 1. The van der Waals surface area contributed by atoms with Gasteiger partial charge in [0.25, 0.3) is 5.91 Å². The number of imide groups is 1. The number of ketones is 1. The summed E-state index contributed by atoms with van der Waals surface area (Å²) >= 11 is 0. The number of hydrogen-bond acceptors (Lipinski definition) is 4. The van der Waals surface area contributed by atoms with Crippen molar-refractivity contribution < 1.29 is 36.3 Å². The Labute approximate surface area is 220 Å². The lowest BCUT2D eigenvalue weighted by molar-refractivity contribution is -0.137. The van der Waals surface area contributed by atoms with E-state index in [1.165, 1.54) is 32.0 Å². The average Bonchev–Trinajstić information content (AvgIpc) is 3.30. The minimum atomic E-state index is -4.80. The standard InChI is InChI=1S/C28H22F5N3O3/c1-27(2)25(38)36(23-9-5-17(12-21(23)30)28(31,32)33)26(39)35(27)14-16-3-6-18(29)13-22(16)34-19-7-8-20-15(11-19)4-10-24(20)37/h3,5-9,11-13,34H,4,10,14H2,1-2H3. The molecular weight excluding hydrogens is 521 g/mol. The summed E-state index contributed by atoms with van der Waals surface area (Å²) in [5, 5.41) is 3.10. The van der Waals surface area contributed by atoms with Crippen LogP contribution in [-0.2, 0) is 23.9 Å². The molecule has 2 aliphatic rings. The van der Waals surface area contributed by atoms with Crippen molar-refractivity contribution in [3.63, 3.8) is 0 Å². The monoisotopic (exact) mass is 543 g/mol. The number of rotatable bonds is 5. The SMILES string of the molecule is CC1(C)C(=O)N(c2ccc(C(F)(F)F)cc2F)C(=O)N1Cc1ccc(F)cc1Nc1ccc2c(c1)CCC2=O. The van der Waals surface area contributed by atoms with Gasteiger partial charge < -0.3 is 10.2 Å². The topological polar surface area (TPSA) is 69.7 Å². The molecule has 1 aliphatic carbocycles. The maximum Gasteiger partial charge on any atom is 0.416 e. The maximum absolute atomic E-state index is 14.7. The zero-order valence-electron chi connectivity index (χ0n) is 20.8. The molecule has 1 aliphatic heterocycles. The van der Waals surface area contributed by atoms with E-state index in [1.54, 1.807) is 18.2 Å². The number of Topliss-reactive ketones (excluding diaryl/α,β-unsaturated/α-hetero) is 1. The number of alkyl halides is 3. The van der Waals surface area contributed by atoms with Crippen LogP contribution in [0.3, 0.4) is 0 Å². The Morgan fingerprint density at radius 3 is 2.36 bits per heavy atom. The van der Waals surface area contributed by atoms with Gasteiger partial charge >= 0.3 is 12.2 Å². The number of carbonyl (C=O) groups excluding carboxylic acids is 3. The molecule has 0 aromatic heterocycles. The largest absolute Gasteiger partial charge is 0.416 e. The van der Waals surface area contributed by atoms with Crippen molar-refractivity contribution in [2.45, 2.75) is 44.9 Å². The third kappa shape index (κ3) is 4.62. The average molecular weight is 543 g/mol. The molecule has 3 aromatic carbocycles. The zero-order valence-corrected chi connectivity index (χ0v) is 20.8. The minimum absolute atomic E-state index is 0.0523. The van der Waals surface area contributed by atoms with Gasteiger partial charge in [-0.15, -0.1) is 0 Å². The Morgan fingerprint density at radius 1 is 0.923 bits per heavy atom. The summed E-state index contributed by atoms with van der Waals surface area (Å²) in [7, 11) is 0. The first-order valence-corrected chi connectivity index (χ1v) is 12.0. The highest BCUT2D eigenvalue weighted by atomic mass is 19.4. The molecule has 5 rings (SSSR count). The number of nitrogens with one attached hydrogen (secondary N) is 1. The summed E-state index contributed by atoms with van der Waals surface area (Å²) in [6.07, 6.45) is -3.79. The molecule has 0 atom stereocenters. The zero-order chi connectivity index (χ0) is 28.3. The van der Waals surface area contributed by atoms with E-state index in [-0.39, 0.29) is 18.4 Å². The van der Waals surface area contributed by atoms with Gasteiger partial charge in [-0.25, -0.2) is 18.5 Å². The molecule has 1 heterocycles. The van der Waals surface area contributed by atoms with Crippen LogP contribution in [-0.4, -0.2) is 28.2 Å². The number of halogens is 5. The molecule has 0 radical (unpaired) electrons. The van der Waals surface area contributed by atoms with E-state index < -0.39 is 46.5 Å². The fourth-order valence-corrected chi connectivity index (χ4v) is 4.84. The molecule has 1 N–H and O–H groups in total. The molecule has 1 saturated heterocycles. The lowest BCUT2D eigenvalue weighted by Crippen LogP contribution is -2.43. The molecule has 0 unspecified atom stereocenters. The summed E-state index contributed by atoms with van der Waals surface area (Å²) in [5.41, 5.74) is -0.530. The van der Waals surface area contributed by atoms with Crippen molar-refractivity contribution in [3.8, 4) is 0 Å². The number of urea groups is 1. The van der Waals surface area contributed by atoms with Crippen LogP contribution in [0.1, 0.15) is 47.3 Å². The Bertz CT molecular complexity index is 1530. The second-order valence-electron chi connectivity index (χ2n) is 9.95. The number of amides is 3. The smallest absolute Gasteiger partial charge is 0.355 e. The second-order valence-corrected chi connectivity index (χ2v) is 9.95. The summed E-state index contributed by atoms with van der Waals surface area (Å²) < 4.78 is 67.9. The predicted molar refractivity (Wildman–Crippen MR) is 133 cm³/mol. The molecular formula is C28H22F5N3O3. The van der Waals surface area contributed by atoms with E-state index in [0.29, 0.717) is 46.3 Å². The van der Waals surface area contributed by atoms with Crippen molar-refractivity contribution in [2.24, 2.45) is 0 Å². The van der Waals surface area contributed by atoms with Crippen LogP contribution >= 0.6 is 0 Å². The van der Waals surface area contributed by atoms with Crippen molar-refractivity contribution >= 4 is 34.8 Å². The molecule has 0 bridgehead atoms. The van der Waals surface area contributed by atoms with E-state index in [1.807, 2.05) is 0 Å². The van der Waals surface area contributed by atoms with Crippen LogP contribution in [0.4, 0.5) is 43.8 Å². The summed E-state index contributed by atoms with van der Waals surface area (Å²) in [4.78, 5) is 40.2.